The molecular formula is C17H15F3N2. The highest BCUT2D eigenvalue weighted by Gasteiger charge is 2.53. The number of aliphatic imine (C=N–C) groups is 2. The van der Waals surface area contributed by atoms with E-state index in [1.165, 1.54) is 55.5 Å². The van der Waals surface area contributed by atoms with Gasteiger partial charge < -0.3 is 0 Å². The largest absolute Gasteiger partial charge is 0.402 e. The first-order valence-electron chi connectivity index (χ1n) is 6.54. The number of halogens is 3. The van der Waals surface area contributed by atoms with Gasteiger partial charge in [0.25, 0.3) is 0 Å². The molecular weight excluding hydrogens is 289 g/mol. The molecule has 0 fully saturated rings. The van der Waals surface area contributed by atoms with Gasteiger partial charge in [-0.3, -0.25) is 9.98 Å². The Morgan fingerprint density at radius 1 is 0.727 bits per heavy atom. The van der Waals surface area contributed by atoms with E-state index in [-0.39, 0.29) is 11.1 Å². The first-order chi connectivity index (χ1) is 10.3. The highest BCUT2D eigenvalue weighted by atomic mass is 19.4. The predicted molar refractivity (Wildman–Crippen MR) is 83.8 cm³/mol. The van der Waals surface area contributed by atoms with Crippen LogP contribution in [0.3, 0.4) is 0 Å². The maximum Gasteiger partial charge on any atom is 0.402 e. The van der Waals surface area contributed by atoms with Gasteiger partial charge in [0, 0.05) is 0 Å². The third-order valence-electron chi connectivity index (χ3n) is 3.82. The Balaban J connectivity index is 2.60. The first kappa shape index (κ1) is 15.9. The Morgan fingerprint density at radius 3 is 1.27 bits per heavy atom. The van der Waals surface area contributed by atoms with E-state index >= 15 is 0 Å². The highest BCUT2D eigenvalue weighted by molar-refractivity contribution is 5.52. The molecule has 0 aliphatic heterocycles. The minimum Gasteiger partial charge on any atom is -0.265 e. The van der Waals surface area contributed by atoms with E-state index in [2.05, 4.69) is 23.4 Å². The van der Waals surface area contributed by atoms with Crippen molar-refractivity contribution in [2.24, 2.45) is 9.98 Å². The standard InChI is InChI=1S/C17H15F3N2/c1-16(17(18,19)20,12-4-8-14(21-2)9-5-12)13-6-10-15(22-3)11-7-13/h4-11H,2-3H2,1H3. The smallest absolute Gasteiger partial charge is 0.265 e. The first-order valence-corrected chi connectivity index (χ1v) is 6.54. The zero-order chi connectivity index (χ0) is 16.4. The molecule has 22 heavy (non-hydrogen) atoms. The summed E-state index contributed by atoms with van der Waals surface area (Å²) >= 11 is 0. The van der Waals surface area contributed by atoms with Crippen molar-refractivity contribution in [3.63, 3.8) is 0 Å². The fourth-order valence-electron chi connectivity index (χ4n) is 2.29. The van der Waals surface area contributed by atoms with Crippen molar-refractivity contribution in [3.05, 3.63) is 59.7 Å². The van der Waals surface area contributed by atoms with Crippen molar-refractivity contribution in [2.45, 2.75) is 18.5 Å². The summed E-state index contributed by atoms with van der Waals surface area (Å²) in [6, 6.07) is 11.8. The van der Waals surface area contributed by atoms with Crippen molar-refractivity contribution < 1.29 is 13.2 Å². The van der Waals surface area contributed by atoms with Crippen LogP contribution in [0.4, 0.5) is 24.5 Å². The van der Waals surface area contributed by atoms with E-state index in [9.17, 15) is 13.2 Å². The van der Waals surface area contributed by atoms with E-state index in [0.717, 1.165) is 0 Å². The summed E-state index contributed by atoms with van der Waals surface area (Å²) in [4.78, 5) is 7.40. The maximum absolute atomic E-state index is 13.8. The van der Waals surface area contributed by atoms with Gasteiger partial charge in [0.2, 0.25) is 0 Å². The predicted octanol–water partition coefficient (Wildman–Crippen LogP) is 5.22. The molecule has 114 valence electrons. The Hall–Kier alpha value is -2.43. The Morgan fingerprint density at radius 2 is 1.05 bits per heavy atom. The van der Waals surface area contributed by atoms with Crippen molar-refractivity contribution in [1.82, 2.24) is 0 Å². The fourth-order valence-corrected chi connectivity index (χ4v) is 2.29. The monoisotopic (exact) mass is 304 g/mol. The van der Waals surface area contributed by atoms with E-state index in [0.29, 0.717) is 11.4 Å². The van der Waals surface area contributed by atoms with Gasteiger partial charge in [-0.05, 0) is 55.8 Å². The van der Waals surface area contributed by atoms with E-state index in [1.54, 1.807) is 0 Å². The average molecular weight is 304 g/mol. The molecule has 5 heteroatoms. The molecule has 0 aliphatic carbocycles. The quantitative estimate of drug-likeness (QED) is 0.692. The maximum atomic E-state index is 13.8. The lowest BCUT2D eigenvalue weighted by atomic mass is 9.75. The number of nitrogens with zero attached hydrogens (tertiary/aromatic N) is 2. The lowest BCUT2D eigenvalue weighted by molar-refractivity contribution is -0.173. The summed E-state index contributed by atoms with van der Waals surface area (Å²) in [6.45, 7) is 7.89. The molecule has 0 saturated heterocycles. The summed E-state index contributed by atoms with van der Waals surface area (Å²) < 4.78 is 41.3. The number of alkyl halides is 3. The van der Waals surface area contributed by atoms with Crippen molar-refractivity contribution in [2.75, 3.05) is 0 Å². The fraction of sp³-hybridized carbons (Fsp3) is 0.176. The molecule has 0 amide bonds. The summed E-state index contributed by atoms with van der Waals surface area (Å²) in [7, 11) is 0. The molecule has 0 spiro atoms. The minimum absolute atomic E-state index is 0.145. The van der Waals surface area contributed by atoms with Crippen LogP contribution in [-0.4, -0.2) is 19.6 Å². The van der Waals surface area contributed by atoms with Crippen LogP contribution in [0.2, 0.25) is 0 Å². The topological polar surface area (TPSA) is 24.7 Å². The number of benzene rings is 2. The van der Waals surface area contributed by atoms with Crippen LogP contribution in [0.15, 0.2) is 58.5 Å². The van der Waals surface area contributed by atoms with Crippen molar-refractivity contribution in [1.29, 1.82) is 0 Å². The third-order valence-corrected chi connectivity index (χ3v) is 3.82. The van der Waals surface area contributed by atoms with E-state index in [4.69, 9.17) is 0 Å². The van der Waals surface area contributed by atoms with Gasteiger partial charge in [-0.1, -0.05) is 24.3 Å². The highest BCUT2D eigenvalue weighted by Crippen LogP contribution is 2.46. The second-order valence-corrected chi connectivity index (χ2v) is 5.03. The van der Waals surface area contributed by atoms with Gasteiger partial charge in [-0.15, -0.1) is 0 Å². The van der Waals surface area contributed by atoms with E-state index in [1.807, 2.05) is 0 Å². The molecule has 0 saturated carbocycles. The molecule has 2 aromatic carbocycles. The number of rotatable bonds is 4. The second kappa shape index (κ2) is 5.75. The normalized spacial score (nSPS) is 12.0. The molecule has 0 heterocycles. The van der Waals surface area contributed by atoms with Gasteiger partial charge in [0.1, 0.15) is 5.41 Å². The second-order valence-electron chi connectivity index (χ2n) is 5.03. The molecule has 0 aromatic heterocycles. The van der Waals surface area contributed by atoms with Crippen LogP contribution < -0.4 is 0 Å². The van der Waals surface area contributed by atoms with Crippen LogP contribution in [0.25, 0.3) is 0 Å². The Kier molecular flexibility index (Phi) is 4.17. The Bertz CT molecular complexity index is 619. The third kappa shape index (κ3) is 2.66. The molecule has 0 radical (unpaired) electrons. The van der Waals surface area contributed by atoms with Crippen LogP contribution >= 0.6 is 0 Å². The van der Waals surface area contributed by atoms with Gasteiger partial charge in [-0.25, -0.2) is 0 Å². The molecule has 2 rings (SSSR count). The van der Waals surface area contributed by atoms with Gasteiger partial charge >= 0.3 is 6.18 Å². The average Bonchev–Trinajstić information content (AvgIpc) is 2.53. The number of hydrogen-bond donors (Lipinski definition) is 0. The molecule has 2 aromatic rings. The van der Waals surface area contributed by atoms with Crippen LogP contribution in [-0.2, 0) is 5.41 Å². The van der Waals surface area contributed by atoms with Crippen LogP contribution in [0, 0.1) is 0 Å². The molecule has 2 nitrogen and oxygen atoms in total. The zero-order valence-corrected chi connectivity index (χ0v) is 12.1. The summed E-state index contributed by atoms with van der Waals surface area (Å²) in [5, 5.41) is 0. The summed E-state index contributed by atoms with van der Waals surface area (Å²) in [6.07, 6.45) is -4.45. The minimum atomic E-state index is -4.45. The summed E-state index contributed by atoms with van der Waals surface area (Å²) in [5.41, 5.74) is -0.774. The lowest BCUT2D eigenvalue weighted by Crippen LogP contribution is -2.40. The van der Waals surface area contributed by atoms with Gasteiger partial charge in [-0.2, -0.15) is 13.2 Å². The molecule has 0 bridgehead atoms. The molecule has 0 unspecified atom stereocenters. The molecule has 0 aliphatic rings. The lowest BCUT2D eigenvalue weighted by Gasteiger charge is -2.33. The number of hydrogen-bond acceptors (Lipinski definition) is 2. The van der Waals surface area contributed by atoms with Gasteiger partial charge in [0.15, 0.2) is 0 Å². The van der Waals surface area contributed by atoms with Crippen molar-refractivity contribution in [3.8, 4) is 0 Å². The molecule has 0 atom stereocenters. The van der Waals surface area contributed by atoms with Crippen LogP contribution in [0.5, 0.6) is 0 Å². The molecule has 0 N–H and O–H groups in total. The summed E-state index contributed by atoms with van der Waals surface area (Å²) in [5.74, 6) is 0. The van der Waals surface area contributed by atoms with E-state index < -0.39 is 11.6 Å². The SMILES string of the molecule is C=Nc1ccc(C(C)(c2ccc(N=C)cc2)C(F)(F)F)cc1. The van der Waals surface area contributed by atoms with Crippen molar-refractivity contribution >= 4 is 24.8 Å². The van der Waals surface area contributed by atoms with Gasteiger partial charge in [0.05, 0.1) is 11.4 Å². The Labute approximate surface area is 127 Å². The van der Waals surface area contributed by atoms with Crippen LogP contribution in [0.1, 0.15) is 18.1 Å². The zero-order valence-electron chi connectivity index (χ0n) is 12.1.